The molecule has 0 aromatic rings. The predicted molar refractivity (Wildman–Crippen MR) is 174 cm³/mol. The van der Waals surface area contributed by atoms with Gasteiger partial charge in [0.2, 0.25) is 0 Å². The van der Waals surface area contributed by atoms with Crippen LogP contribution in [0.15, 0.2) is 12.2 Å². The molecule has 0 amide bonds. The van der Waals surface area contributed by atoms with Crippen molar-refractivity contribution in [2.45, 2.75) is 173 Å². The number of Topliss-reactive ketones (excluding diaryl/α,β-unsaturated/α-hetero) is 1. The van der Waals surface area contributed by atoms with Gasteiger partial charge >= 0.3 is 11.9 Å². The first-order chi connectivity index (χ1) is 21.3. The van der Waals surface area contributed by atoms with Gasteiger partial charge in [-0.3, -0.25) is 14.4 Å². The monoisotopic (exact) mass is 624 g/mol. The van der Waals surface area contributed by atoms with Crippen LogP contribution in [0.2, 0.25) is 0 Å². The van der Waals surface area contributed by atoms with Crippen molar-refractivity contribution in [3.8, 4) is 0 Å². The Labute approximate surface area is 267 Å². The number of hydrogen-bond acceptors (Lipinski definition) is 8. The highest BCUT2D eigenvalue weighted by molar-refractivity contribution is 5.84. The Hall–Kier alpha value is -1.77. The van der Waals surface area contributed by atoms with Gasteiger partial charge in [0.05, 0.1) is 18.8 Å². The second-order valence-corrected chi connectivity index (χ2v) is 12.7. The lowest BCUT2D eigenvalue weighted by atomic mass is 9.88. The van der Waals surface area contributed by atoms with Crippen LogP contribution in [0.3, 0.4) is 0 Å². The van der Waals surface area contributed by atoms with Crippen molar-refractivity contribution in [1.82, 2.24) is 0 Å². The van der Waals surface area contributed by atoms with Crippen LogP contribution < -0.4 is 0 Å². The molecule has 8 nitrogen and oxygen atoms in total. The maximum absolute atomic E-state index is 12.5. The minimum absolute atomic E-state index is 0.0791. The number of ketones is 1. The number of carbonyl (C=O) groups excluding carboxylic acids is 3. The van der Waals surface area contributed by atoms with E-state index >= 15 is 0 Å². The summed E-state index contributed by atoms with van der Waals surface area (Å²) in [5.41, 5.74) is 0. The van der Waals surface area contributed by atoms with Gasteiger partial charge in [-0.25, -0.2) is 0 Å². The topological polar surface area (TPSA) is 130 Å². The average molecular weight is 625 g/mol. The molecule has 44 heavy (non-hydrogen) atoms. The molecule has 0 saturated heterocycles. The number of carbonyl (C=O) groups is 3. The molecular formula is C36H64O8. The summed E-state index contributed by atoms with van der Waals surface area (Å²) in [6.45, 7) is 3.81. The Morgan fingerprint density at radius 3 is 1.98 bits per heavy atom. The molecule has 3 N–H and O–H groups in total. The fourth-order valence-electron chi connectivity index (χ4n) is 5.92. The summed E-state index contributed by atoms with van der Waals surface area (Å²) in [6.07, 6.45) is 21.7. The van der Waals surface area contributed by atoms with E-state index < -0.39 is 30.9 Å². The smallest absolute Gasteiger partial charge is 0.306 e. The summed E-state index contributed by atoms with van der Waals surface area (Å²) in [7, 11) is 0. The molecule has 1 fully saturated rings. The van der Waals surface area contributed by atoms with Crippen LogP contribution in [-0.2, 0) is 23.9 Å². The summed E-state index contributed by atoms with van der Waals surface area (Å²) in [6, 6.07) is 0. The van der Waals surface area contributed by atoms with Gasteiger partial charge in [-0.15, -0.1) is 0 Å². The number of aliphatic hydroxyl groups excluding tert-OH is 3. The van der Waals surface area contributed by atoms with Crippen molar-refractivity contribution in [2.75, 3.05) is 13.2 Å². The second kappa shape index (κ2) is 26.4. The van der Waals surface area contributed by atoms with Gasteiger partial charge in [0.15, 0.2) is 6.10 Å². The lowest BCUT2D eigenvalue weighted by Crippen LogP contribution is -2.28. The number of hydrogen-bond donors (Lipinski definition) is 3. The Bertz CT molecular complexity index is 782. The number of ether oxygens (including phenoxy) is 2. The molecule has 0 unspecified atom stereocenters. The Kier molecular flexibility index (Phi) is 24.2. The van der Waals surface area contributed by atoms with Crippen LogP contribution >= 0.6 is 0 Å². The summed E-state index contributed by atoms with van der Waals surface area (Å²) < 4.78 is 10.5. The molecule has 0 spiro atoms. The normalized spacial score (nSPS) is 19.8. The van der Waals surface area contributed by atoms with Gasteiger partial charge in [0.1, 0.15) is 12.4 Å². The van der Waals surface area contributed by atoms with Crippen LogP contribution in [0.4, 0.5) is 0 Å². The van der Waals surface area contributed by atoms with Gasteiger partial charge in [-0.05, 0) is 25.7 Å². The Balaban J connectivity index is 2.15. The van der Waals surface area contributed by atoms with E-state index in [4.69, 9.17) is 9.47 Å². The van der Waals surface area contributed by atoms with Crippen LogP contribution in [0.5, 0.6) is 0 Å². The molecule has 0 aromatic carbocycles. The van der Waals surface area contributed by atoms with Crippen LogP contribution in [-0.4, -0.2) is 64.6 Å². The quantitative estimate of drug-likeness (QED) is 0.0475. The summed E-state index contributed by atoms with van der Waals surface area (Å²) in [5.74, 6) is -1.15. The van der Waals surface area contributed by atoms with E-state index in [0.29, 0.717) is 25.7 Å². The minimum atomic E-state index is -0.853. The third-order valence-corrected chi connectivity index (χ3v) is 8.70. The first-order valence-corrected chi connectivity index (χ1v) is 17.8. The summed E-state index contributed by atoms with van der Waals surface area (Å²) in [5, 5.41) is 30.1. The fraction of sp³-hybridized carbons (Fsp3) is 0.861. The van der Waals surface area contributed by atoms with E-state index in [-0.39, 0.29) is 43.0 Å². The second-order valence-electron chi connectivity index (χ2n) is 12.7. The molecular weight excluding hydrogens is 560 g/mol. The summed E-state index contributed by atoms with van der Waals surface area (Å²) >= 11 is 0. The minimum Gasteiger partial charge on any atom is -0.462 e. The zero-order valence-electron chi connectivity index (χ0n) is 27.9. The molecule has 256 valence electrons. The largest absolute Gasteiger partial charge is 0.462 e. The van der Waals surface area contributed by atoms with E-state index in [1.165, 1.54) is 44.9 Å². The van der Waals surface area contributed by atoms with Crippen molar-refractivity contribution >= 4 is 17.7 Å². The van der Waals surface area contributed by atoms with E-state index in [9.17, 15) is 29.7 Å². The highest BCUT2D eigenvalue weighted by atomic mass is 16.6. The highest BCUT2D eigenvalue weighted by Crippen LogP contribution is 2.34. The van der Waals surface area contributed by atoms with Crippen molar-refractivity contribution in [1.29, 1.82) is 0 Å². The van der Waals surface area contributed by atoms with E-state index in [1.807, 2.05) is 6.08 Å². The van der Waals surface area contributed by atoms with Gasteiger partial charge in [0, 0.05) is 31.1 Å². The number of rotatable bonds is 28. The molecule has 1 rings (SSSR count). The van der Waals surface area contributed by atoms with Crippen molar-refractivity contribution in [2.24, 2.45) is 11.8 Å². The SMILES string of the molecule is CCCCCCCCCCCCC(=O)OC[C@H](CO)OC(=O)CCCCCC[C@H]1C(=O)C[C@@H](O)[C@@H]1/C=C/[C@@H](O)CCCCC. The molecule has 0 radical (unpaired) electrons. The van der Waals surface area contributed by atoms with Crippen molar-refractivity contribution in [3.63, 3.8) is 0 Å². The lowest BCUT2D eigenvalue weighted by Gasteiger charge is -2.18. The lowest BCUT2D eigenvalue weighted by molar-refractivity contribution is -0.161. The van der Waals surface area contributed by atoms with Crippen molar-refractivity contribution < 1.29 is 39.2 Å². The van der Waals surface area contributed by atoms with E-state index in [2.05, 4.69) is 13.8 Å². The maximum atomic E-state index is 12.5. The fourth-order valence-corrected chi connectivity index (χ4v) is 5.92. The molecule has 1 saturated carbocycles. The highest BCUT2D eigenvalue weighted by Gasteiger charge is 2.39. The van der Waals surface area contributed by atoms with Crippen LogP contribution in [0, 0.1) is 11.8 Å². The Morgan fingerprint density at radius 1 is 0.818 bits per heavy atom. The van der Waals surface area contributed by atoms with E-state index in [0.717, 1.165) is 57.8 Å². The van der Waals surface area contributed by atoms with Crippen molar-refractivity contribution in [3.05, 3.63) is 12.2 Å². The zero-order valence-corrected chi connectivity index (χ0v) is 27.9. The average Bonchev–Trinajstić information content (AvgIpc) is 3.27. The predicted octanol–water partition coefficient (Wildman–Crippen LogP) is 7.15. The van der Waals surface area contributed by atoms with Gasteiger partial charge < -0.3 is 24.8 Å². The first-order valence-electron chi connectivity index (χ1n) is 17.8. The molecule has 0 bridgehead atoms. The first kappa shape index (κ1) is 40.3. The third-order valence-electron chi connectivity index (χ3n) is 8.70. The number of aliphatic hydroxyl groups is 3. The molecule has 8 heteroatoms. The zero-order chi connectivity index (χ0) is 32.4. The molecule has 5 atom stereocenters. The standard InChI is InChI=1S/C36H64O8/c1-3-5-7-8-9-10-11-12-13-18-22-35(41)43-28-30(27-37)44-36(42)23-19-15-14-17-21-31-32(34(40)26-33(31)39)25-24-29(38)20-16-6-4-2/h24-25,29-32,34,37-38,40H,3-23,26-28H2,1-2H3/b25-24+/t29-,30-,31+,32+,34+/m0/s1. The molecule has 0 aliphatic heterocycles. The number of unbranched alkanes of at least 4 members (excludes halogenated alkanes) is 14. The summed E-state index contributed by atoms with van der Waals surface area (Å²) in [4.78, 5) is 36.7. The van der Waals surface area contributed by atoms with Crippen LogP contribution in [0.25, 0.3) is 0 Å². The Morgan fingerprint density at radius 2 is 1.36 bits per heavy atom. The third kappa shape index (κ3) is 19.6. The van der Waals surface area contributed by atoms with Gasteiger partial charge in [-0.1, -0.05) is 122 Å². The molecule has 0 aromatic heterocycles. The van der Waals surface area contributed by atoms with E-state index in [1.54, 1.807) is 6.08 Å². The molecule has 1 aliphatic rings. The van der Waals surface area contributed by atoms with Gasteiger partial charge in [-0.2, -0.15) is 0 Å². The van der Waals surface area contributed by atoms with Gasteiger partial charge in [0.25, 0.3) is 0 Å². The molecule has 0 heterocycles. The molecule has 1 aliphatic carbocycles. The number of esters is 2. The maximum Gasteiger partial charge on any atom is 0.306 e. The van der Waals surface area contributed by atoms with Crippen LogP contribution in [0.1, 0.15) is 155 Å².